The van der Waals surface area contributed by atoms with Gasteiger partial charge in [0.2, 0.25) is 0 Å². The van der Waals surface area contributed by atoms with Crippen molar-refractivity contribution in [2.45, 2.75) is 33.6 Å². The first-order valence-corrected chi connectivity index (χ1v) is 4.68. The molecule has 1 heterocycles. The Morgan fingerprint density at radius 1 is 1.27 bits per heavy atom. The summed E-state index contributed by atoms with van der Waals surface area (Å²) in [6, 6.07) is 0. The van der Waals surface area contributed by atoms with Crippen LogP contribution < -0.4 is 0 Å². The Kier molecular flexibility index (Phi) is 2.58. The van der Waals surface area contributed by atoms with Crippen LogP contribution in [0.1, 0.15) is 33.6 Å². The zero-order valence-electron chi connectivity index (χ0n) is 8.35. The largest absolute Gasteiger partial charge is 0.306 e. The second-order valence-electron chi connectivity index (χ2n) is 4.97. The molecule has 0 saturated carbocycles. The lowest BCUT2D eigenvalue weighted by Gasteiger charge is -2.38. The molecule has 11 heavy (non-hydrogen) atoms. The lowest BCUT2D eigenvalue weighted by molar-refractivity contribution is 0.118. The zero-order chi connectivity index (χ0) is 8.48. The van der Waals surface area contributed by atoms with Gasteiger partial charge in [-0.3, -0.25) is 0 Å². The molecular formula is C10H21N. The van der Waals surface area contributed by atoms with Gasteiger partial charge in [0.1, 0.15) is 0 Å². The average molecular weight is 155 g/mol. The number of rotatable bonds is 0. The molecule has 1 nitrogen and oxygen atoms in total. The van der Waals surface area contributed by atoms with Crippen molar-refractivity contribution < 1.29 is 0 Å². The van der Waals surface area contributed by atoms with Crippen molar-refractivity contribution in [3.63, 3.8) is 0 Å². The third-order valence-corrected chi connectivity index (χ3v) is 2.85. The van der Waals surface area contributed by atoms with Gasteiger partial charge in [-0.1, -0.05) is 20.8 Å². The van der Waals surface area contributed by atoms with Crippen LogP contribution in [-0.2, 0) is 0 Å². The summed E-state index contributed by atoms with van der Waals surface area (Å²) < 4.78 is 0. The highest BCUT2D eigenvalue weighted by molar-refractivity contribution is 4.79. The van der Waals surface area contributed by atoms with E-state index in [0.717, 1.165) is 5.92 Å². The molecule has 1 fully saturated rings. The van der Waals surface area contributed by atoms with E-state index in [1.807, 2.05) is 0 Å². The number of piperidine rings is 1. The minimum atomic E-state index is 0.509. The van der Waals surface area contributed by atoms with Crippen LogP contribution in [0.25, 0.3) is 0 Å². The van der Waals surface area contributed by atoms with Crippen molar-refractivity contribution in [1.82, 2.24) is 4.90 Å². The van der Waals surface area contributed by atoms with E-state index < -0.39 is 0 Å². The molecule has 1 saturated heterocycles. The number of nitrogens with zero attached hydrogens (tertiary/aromatic N) is 1. The van der Waals surface area contributed by atoms with Crippen LogP contribution in [-0.4, -0.2) is 25.0 Å². The minimum Gasteiger partial charge on any atom is -0.306 e. The molecule has 0 aromatic rings. The Morgan fingerprint density at radius 2 is 1.91 bits per heavy atom. The van der Waals surface area contributed by atoms with Gasteiger partial charge in [0.05, 0.1) is 0 Å². The minimum absolute atomic E-state index is 0.509. The van der Waals surface area contributed by atoms with Gasteiger partial charge in [-0.25, -0.2) is 0 Å². The van der Waals surface area contributed by atoms with Crippen LogP contribution >= 0.6 is 0 Å². The summed E-state index contributed by atoms with van der Waals surface area (Å²) >= 11 is 0. The highest BCUT2D eigenvalue weighted by Crippen LogP contribution is 2.32. The molecule has 1 atom stereocenters. The van der Waals surface area contributed by atoms with E-state index in [9.17, 15) is 0 Å². The van der Waals surface area contributed by atoms with Crippen molar-refractivity contribution >= 4 is 0 Å². The smallest absolute Gasteiger partial charge is 0.00116 e. The van der Waals surface area contributed by atoms with Crippen molar-refractivity contribution in [2.24, 2.45) is 11.3 Å². The summed E-state index contributed by atoms with van der Waals surface area (Å²) in [5.74, 6) is 0.904. The Hall–Kier alpha value is -0.0400. The normalized spacial score (nSPS) is 28.9. The maximum absolute atomic E-state index is 2.46. The molecule has 1 aliphatic heterocycles. The fraction of sp³-hybridized carbons (Fsp3) is 1.00. The number of hydrogen-bond donors (Lipinski definition) is 0. The monoisotopic (exact) mass is 155 g/mol. The molecule has 0 unspecified atom stereocenters. The third kappa shape index (κ3) is 2.48. The van der Waals surface area contributed by atoms with Crippen LogP contribution in [0.3, 0.4) is 0 Å². The Bertz CT molecular complexity index is 123. The number of likely N-dealkylation sites (tertiary alicyclic amines) is 1. The Labute approximate surface area is 70.8 Å². The molecule has 0 spiro atoms. The molecule has 1 rings (SSSR count). The average Bonchev–Trinajstić information content (AvgIpc) is 1.86. The van der Waals surface area contributed by atoms with Gasteiger partial charge in [-0.2, -0.15) is 0 Å². The molecular weight excluding hydrogens is 134 g/mol. The maximum atomic E-state index is 2.46. The summed E-state index contributed by atoms with van der Waals surface area (Å²) in [5.41, 5.74) is 0.509. The van der Waals surface area contributed by atoms with E-state index in [-0.39, 0.29) is 0 Å². The molecule has 1 heteroatoms. The van der Waals surface area contributed by atoms with Crippen LogP contribution in [0.2, 0.25) is 0 Å². The van der Waals surface area contributed by atoms with Crippen LogP contribution in [0.4, 0.5) is 0 Å². The fourth-order valence-electron chi connectivity index (χ4n) is 1.87. The van der Waals surface area contributed by atoms with E-state index in [1.54, 1.807) is 0 Å². The molecule has 0 aromatic heterocycles. The highest BCUT2D eigenvalue weighted by Gasteiger charge is 2.27. The summed E-state index contributed by atoms with van der Waals surface area (Å²) in [4.78, 5) is 2.46. The quantitative estimate of drug-likeness (QED) is 0.519. The summed E-state index contributed by atoms with van der Waals surface area (Å²) in [5, 5.41) is 0. The second-order valence-corrected chi connectivity index (χ2v) is 4.97. The molecule has 0 radical (unpaired) electrons. The lowest BCUT2D eigenvalue weighted by atomic mass is 9.76. The molecule has 0 bridgehead atoms. The van der Waals surface area contributed by atoms with E-state index >= 15 is 0 Å². The van der Waals surface area contributed by atoms with Crippen molar-refractivity contribution in [2.75, 3.05) is 20.1 Å². The van der Waals surface area contributed by atoms with Gasteiger partial charge in [0.15, 0.2) is 0 Å². The van der Waals surface area contributed by atoms with Gasteiger partial charge in [-0.15, -0.1) is 0 Å². The number of hydrogen-bond acceptors (Lipinski definition) is 1. The molecule has 0 N–H and O–H groups in total. The predicted octanol–water partition coefficient (Wildman–Crippen LogP) is 2.37. The standard InChI is InChI=1S/C10H21N/c1-10(2,3)9-6-5-7-11(4)8-9/h9H,5-8H2,1-4H3/t9-/m0/s1. The highest BCUT2D eigenvalue weighted by atomic mass is 15.1. The van der Waals surface area contributed by atoms with Crippen LogP contribution in [0.15, 0.2) is 0 Å². The van der Waals surface area contributed by atoms with Crippen molar-refractivity contribution in [3.05, 3.63) is 0 Å². The van der Waals surface area contributed by atoms with Gasteiger partial charge in [-0.05, 0) is 37.8 Å². The molecule has 0 aliphatic carbocycles. The molecule has 0 aromatic carbocycles. The Balaban J connectivity index is 2.46. The van der Waals surface area contributed by atoms with E-state index in [2.05, 4.69) is 32.7 Å². The topological polar surface area (TPSA) is 3.24 Å². The van der Waals surface area contributed by atoms with Gasteiger partial charge in [0, 0.05) is 6.54 Å². The van der Waals surface area contributed by atoms with Crippen LogP contribution in [0.5, 0.6) is 0 Å². The molecule has 0 amide bonds. The first-order valence-electron chi connectivity index (χ1n) is 4.68. The Morgan fingerprint density at radius 3 is 2.27 bits per heavy atom. The second kappa shape index (κ2) is 3.14. The zero-order valence-corrected chi connectivity index (χ0v) is 8.35. The van der Waals surface area contributed by atoms with Crippen molar-refractivity contribution in [3.8, 4) is 0 Å². The predicted molar refractivity (Wildman–Crippen MR) is 49.7 cm³/mol. The first-order chi connectivity index (χ1) is 5.00. The van der Waals surface area contributed by atoms with E-state index in [1.165, 1.54) is 25.9 Å². The molecule has 66 valence electrons. The lowest BCUT2D eigenvalue weighted by Crippen LogP contribution is -2.38. The summed E-state index contributed by atoms with van der Waals surface area (Å²) in [6.45, 7) is 9.67. The SMILES string of the molecule is CN1CCC[C@H](C(C)(C)C)C1. The van der Waals surface area contributed by atoms with E-state index in [4.69, 9.17) is 0 Å². The third-order valence-electron chi connectivity index (χ3n) is 2.85. The molecule has 1 aliphatic rings. The maximum Gasteiger partial charge on any atom is 0.00116 e. The van der Waals surface area contributed by atoms with E-state index in [0.29, 0.717) is 5.41 Å². The van der Waals surface area contributed by atoms with Crippen molar-refractivity contribution in [1.29, 1.82) is 0 Å². The first kappa shape index (κ1) is 9.05. The van der Waals surface area contributed by atoms with Gasteiger partial charge in [0.25, 0.3) is 0 Å². The van der Waals surface area contributed by atoms with Crippen LogP contribution in [0, 0.1) is 11.3 Å². The summed E-state index contributed by atoms with van der Waals surface area (Å²) in [7, 11) is 2.23. The summed E-state index contributed by atoms with van der Waals surface area (Å²) in [6.07, 6.45) is 2.81. The van der Waals surface area contributed by atoms with Gasteiger partial charge >= 0.3 is 0 Å². The fourth-order valence-corrected chi connectivity index (χ4v) is 1.87. The van der Waals surface area contributed by atoms with Gasteiger partial charge < -0.3 is 4.90 Å².